The van der Waals surface area contributed by atoms with Crippen LogP contribution in [-0.4, -0.2) is 31.3 Å². The van der Waals surface area contributed by atoms with Gasteiger partial charge in [-0.15, -0.1) is 17.0 Å². The highest BCUT2D eigenvalue weighted by Crippen LogP contribution is 2.23. The molecule has 0 atom stereocenters. The normalized spacial score (nSPS) is 13.9. The number of nitrogens with zero attached hydrogens (tertiary/aromatic N) is 2. The average molecular weight is 488 g/mol. The molecule has 4 nitrogen and oxygen atoms in total. The minimum Gasteiger partial charge on any atom is -0.435 e. The number of aliphatic imine (C=N–C) groups is 1. The van der Waals surface area contributed by atoms with Crippen LogP contribution in [-0.2, 0) is 0 Å². The molecule has 8 heteroatoms. The van der Waals surface area contributed by atoms with Gasteiger partial charge in [0.25, 0.3) is 0 Å². The van der Waals surface area contributed by atoms with Gasteiger partial charge >= 0.3 is 6.61 Å². The van der Waals surface area contributed by atoms with Crippen molar-refractivity contribution in [3.8, 4) is 5.75 Å². The maximum absolute atomic E-state index is 12.8. The number of rotatable bonds is 6. The number of hydrogen-bond donors (Lipinski definition) is 0. The molecule has 0 saturated carbocycles. The van der Waals surface area contributed by atoms with Gasteiger partial charge in [0.2, 0.25) is 0 Å². The molecule has 0 fully saturated rings. The number of Topliss-reactive ketones (excluding diaryl/α,β-unsaturated/α-hetero) is 1. The van der Waals surface area contributed by atoms with Crippen LogP contribution in [0.3, 0.4) is 0 Å². The van der Waals surface area contributed by atoms with Gasteiger partial charge in [0.15, 0.2) is 5.78 Å². The topological polar surface area (TPSA) is 41.9 Å². The summed E-state index contributed by atoms with van der Waals surface area (Å²) in [6.07, 6.45) is 3.98. The van der Waals surface area contributed by atoms with E-state index in [1.54, 1.807) is 12.1 Å². The lowest BCUT2D eigenvalue weighted by Crippen LogP contribution is -2.36. The molecule has 0 unspecified atom stereocenters. The van der Waals surface area contributed by atoms with E-state index in [0.29, 0.717) is 10.6 Å². The van der Waals surface area contributed by atoms with Gasteiger partial charge < -0.3 is 9.64 Å². The van der Waals surface area contributed by atoms with E-state index in [9.17, 15) is 13.6 Å². The monoisotopic (exact) mass is 486 g/mol. The zero-order valence-electron chi connectivity index (χ0n) is 15.7. The Morgan fingerprint density at radius 2 is 1.76 bits per heavy atom. The molecule has 0 spiro atoms. The maximum atomic E-state index is 12.8. The second-order valence-electron chi connectivity index (χ2n) is 6.50. The molecular weight excluding hydrogens is 466 g/mol. The first kappa shape index (κ1) is 23.3. The summed E-state index contributed by atoms with van der Waals surface area (Å²) in [6, 6.07) is 13.0. The van der Waals surface area contributed by atoms with Crippen molar-refractivity contribution in [2.24, 2.45) is 4.99 Å². The van der Waals surface area contributed by atoms with Crippen LogP contribution in [0.4, 0.5) is 14.5 Å². The number of halogens is 4. The first-order valence-electron chi connectivity index (χ1n) is 9.17. The third-order valence-corrected chi connectivity index (χ3v) is 4.76. The number of benzene rings is 2. The first-order chi connectivity index (χ1) is 13.5. The molecule has 1 aliphatic rings. The average Bonchev–Trinajstić information content (AvgIpc) is 2.96. The van der Waals surface area contributed by atoms with E-state index >= 15 is 0 Å². The third-order valence-electron chi connectivity index (χ3n) is 4.51. The fourth-order valence-electron chi connectivity index (χ4n) is 3.09. The SMILES string of the molecule is Br.O=C(CN(C1=NCCCCC1)c1ccc(Cl)cc1)c1ccc(OC(F)F)cc1. The van der Waals surface area contributed by atoms with E-state index in [-0.39, 0.29) is 35.1 Å². The van der Waals surface area contributed by atoms with E-state index in [1.165, 1.54) is 24.3 Å². The standard InChI is InChI=1S/C21H21ClF2N2O2.BrH/c22-16-7-9-17(10-8-16)26(20-4-2-1-3-13-25-20)14-19(27)15-5-11-18(12-6-15)28-21(23)24;/h5-12,21H,1-4,13-14H2;1H. The van der Waals surface area contributed by atoms with Crippen molar-refractivity contribution < 1.29 is 18.3 Å². The van der Waals surface area contributed by atoms with Gasteiger partial charge in [0.1, 0.15) is 11.6 Å². The van der Waals surface area contributed by atoms with Crippen LogP contribution in [0.1, 0.15) is 36.0 Å². The van der Waals surface area contributed by atoms with Crippen LogP contribution < -0.4 is 9.64 Å². The van der Waals surface area contributed by atoms with Crippen molar-refractivity contribution in [1.29, 1.82) is 0 Å². The van der Waals surface area contributed by atoms with Crippen LogP contribution >= 0.6 is 28.6 Å². The van der Waals surface area contributed by atoms with Crippen LogP contribution in [0, 0.1) is 0 Å². The van der Waals surface area contributed by atoms with Gasteiger partial charge in [0, 0.05) is 29.2 Å². The van der Waals surface area contributed by atoms with E-state index < -0.39 is 6.61 Å². The molecule has 2 aromatic rings. The van der Waals surface area contributed by atoms with Crippen molar-refractivity contribution in [3.63, 3.8) is 0 Å². The number of hydrogen-bond acceptors (Lipinski definition) is 4. The highest BCUT2D eigenvalue weighted by atomic mass is 79.9. The summed E-state index contributed by atoms with van der Waals surface area (Å²) in [5, 5.41) is 0.618. The first-order valence-corrected chi connectivity index (χ1v) is 9.55. The molecule has 29 heavy (non-hydrogen) atoms. The highest BCUT2D eigenvalue weighted by Gasteiger charge is 2.19. The van der Waals surface area contributed by atoms with Gasteiger partial charge in [-0.25, -0.2) is 0 Å². The molecule has 0 radical (unpaired) electrons. The van der Waals surface area contributed by atoms with Crippen LogP contribution in [0.5, 0.6) is 5.75 Å². The summed E-state index contributed by atoms with van der Waals surface area (Å²) in [5.74, 6) is 0.769. The van der Waals surface area contributed by atoms with Gasteiger partial charge in [-0.3, -0.25) is 9.79 Å². The molecule has 0 saturated heterocycles. The number of carbonyl (C=O) groups excluding carboxylic acids is 1. The number of ketones is 1. The van der Waals surface area contributed by atoms with Crippen molar-refractivity contribution >= 4 is 45.9 Å². The molecule has 0 aromatic heterocycles. The van der Waals surface area contributed by atoms with E-state index in [0.717, 1.165) is 43.8 Å². The third kappa shape index (κ3) is 6.78. The predicted molar refractivity (Wildman–Crippen MR) is 117 cm³/mol. The van der Waals surface area contributed by atoms with E-state index in [4.69, 9.17) is 11.6 Å². The zero-order chi connectivity index (χ0) is 19.9. The Labute approximate surface area is 184 Å². The Balaban J connectivity index is 0.00000300. The molecule has 0 bridgehead atoms. The number of ether oxygens (including phenoxy) is 1. The smallest absolute Gasteiger partial charge is 0.387 e. The quantitative estimate of drug-likeness (QED) is 0.457. The Morgan fingerprint density at radius 1 is 1.07 bits per heavy atom. The molecule has 3 rings (SSSR count). The lowest BCUT2D eigenvalue weighted by atomic mass is 10.1. The fourth-order valence-corrected chi connectivity index (χ4v) is 3.21. The Hall–Kier alpha value is -1.99. The molecule has 0 amide bonds. The summed E-state index contributed by atoms with van der Waals surface area (Å²) < 4.78 is 28.9. The number of alkyl halides is 2. The number of carbonyl (C=O) groups is 1. The van der Waals surface area contributed by atoms with E-state index in [2.05, 4.69) is 9.73 Å². The maximum Gasteiger partial charge on any atom is 0.387 e. The van der Waals surface area contributed by atoms with Crippen molar-refractivity contribution in [3.05, 3.63) is 59.1 Å². The van der Waals surface area contributed by atoms with Gasteiger partial charge in [0.05, 0.1) is 6.54 Å². The second kappa shape index (κ2) is 11.3. The lowest BCUT2D eigenvalue weighted by Gasteiger charge is -2.25. The largest absolute Gasteiger partial charge is 0.435 e. The van der Waals surface area contributed by atoms with Crippen LogP contribution in [0.2, 0.25) is 5.02 Å². The highest BCUT2D eigenvalue weighted by molar-refractivity contribution is 8.93. The van der Waals surface area contributed by atoms with Crippen molar-refractivity contribution in [2.75, 3.05) is 18.0 Å². The molecule has 1 heterocycles. The lowest BCUT2D eigenvalue weighted by molar-refractivity contribution is -0.0498. The zero-order valence-corrected chi connectivity index (χ0v) is 18.2. The molecule has 0 aliphatic carbocycles. The second-order valence-corrected chi connectivity index (χ2v) is 6.93. The van der Waals surface area contributed by atoms with E-state index in [1.807, 2.05) is 17.0 Å². The summed E-state index contributed by atoms with van der Waals surface area (Å²) in [5.41, 5.74) is 1.27. The Kier molecular flexibility index (Phi) is 9.04. The van der Waals surface area contributed by atoms with Crippen LogP contribution in [0.25, 0.3) is 0 Å². The number of amidine groups is 1. The molecular formula is C21H22BrClF2N2O2. The van der Waals surface area contributed by atoms with Gasteiger partial charge in [-0.05, 0) is 61.4 Å². The van der Waals surface area contributed by atoms with Gasteiger partial charge in [-0.1, -0.05) is 18.0 Å². The molecule has 2 aromatic carbocycles. The van der Waals surface area contributed by atoms with Crippen molar-refractivity contribution in [1.82, 2.24) is 0 Å². The fraction of sp³-hybridized carbons (Fsp3) is 0.333. The summed E-state index contributed by atoms with van der Waals surface area (Å²) >= 11 is 6.00. The van der Waals surface area contributed by atoms with Crippen LogP contribution in [0.15, 0.2) is 53.5 Å². The molecule has 1 aliphatic heterocycles. The summed E-state index contributed by atoms with van der Waals surface area (Å²) in [4.78, 5) is 19.4. The van der Waals surface area contributed by atoms with Crippen molar-refractivity contribution in [2.45, 2.75) is 32.3 Å². The Morgan fingerprint density at radius 3 is 2.41 bits per heavy atom. The summed E-state index contributed by atoms with van der Waals surface area (Å²) in [6.45, 7) is -2.04. The minimum absolute atomic E-state index is 0. The summed E-state index contributed by atoms with van der Waals surface area (Å²) in [7, 11) is 0. The molecule has 0 N–H and O–H groups in total. The molecule has 156 valence electrons. The number of anilines is 1. The minimum atomic E-state index is -2.89. The Bertz CT molecular complexity index is 830. The van der Waals surface area contributed by atoms with Gasteiger partial charge in [-0.2, -0.15) is 8.78 Å². The predicted octanol–water partition coefficient (Wildman–Crippen LogP) is 6.18.